The number of fused-ring (bicyclic) bond motifs is 2. The van der Waals surface area contributed by atoms with E-state index in [1.165, 1.54) is 5.59 Å². The molecule has 0 aliphatic rings. The minimum atomic E-state index is 0.600. The van der Waals surface area contributed by atoms with Crippen LogP contribution in [0.15, 0.2) is 157 Å². The Balaban J connectivity index is 1.09. The van der Waals surface area contributed by atoms with Gasteiger partial charge in [0.2, 0.25) is 7.85 Å². The van der Waals surface area contributed by atoms with Gasteiger partial charge in [-0.05, 0) is 77.8 Å². The molecular weight excluding hydrogens is 742 g/mol. The molecule has 0 saturated carbocycles. The van der Waals surface area contributed by atoms with Crippen molar-refractivity contribution in [3.8, 4) is 50.4 Å². The number of thiazole rings is 1. The van der Waals surface area contributed by atoms with Crippen molar-refractivity contribution in [3.05, 3.63) is 175 Å². The predicted molar refractivity (Wildman–Crippen MR) is 251 cm³/mol. The first-order valence-electron chi connectivity index (χ1n) is 19.5. The number of oxazole rings is 1. The van der Waals surface area contributed by atoms with E-state index >= 15 is 0 Å². The number of rotatable bonds is 11. The highest BCUT2D eigenvalue weighted by Gasteiger charge is 2.20. The molecule has 0 bridgehead atoms. The summed E-state index contributed by atoms with van der Waals surface area (Å²) in [7, 11) is 2.69. The molecule has 0 aliphatic carbocycles. The SMILES string of the molecule is Bc1nc2cc(-n3c(C)c(/C=C\C=C)c(/C=C(\C=C)c4cccc(-c5nc6cc(-c7nc(-c8ccccc8)nc(-c8ccccc8)n7)ccc6s5)c4)c3BC)ccc2o1. The highest BCUT2D eigenvalue weighted by Crippen LogP contribution is 2.35. The summed E-state index contributed by atoms with van der Waals surface area (Å²) in [6, 6.07) is 41.0. The number of hydrogen-bond donors (Lipinski definition) is 0. The maximum absolute atomic E-state index is 5.79. The van der Waals surface area contributed by atoms with Gasteiger partial charge in [-0.3, -0.25) is 0 Å². The fraction of sp³-hybridized carbons (Fsp3) is 0.0408. The molecule has 7 nitrogen and oxygen atoms in total. The molecule has 0 spiro atoms. The molecule has 0 atom stereocenters. The van der Waals surface area contributed by atoms with Crippen LogP contribution in [-0.4, -0.2) is 44.6 Å². The van der Waals surface area contributed by atoms with Crippen molar-refractivity contribution in [2.45, 2.75) is 13.7 Å². The lowest BCUT2D eigenvalue weighted by molar-refractivity contribution is 0.644. The van der Waals surface area contributed by atoms with E-state index in [0.29, 0.717) is 23.3 Å². The van der Waals surface area contributed by atoms with Crippen LogP contribution in [0.2, 0.25) is 6.82 Å². The lowest BCUT2D eigenvalue weighted by Crippen LogP contribution is -2.24. The van der Waals surface area contributed by atoms with Crippen LogP contribution in [0.3, 0.4) is 0 Å². The van der Waals surface area contributed by atoms with Gasteiger partial charge < -0.3 is 8.98 Å². The molecule has 10 heteroatoms. The third-order valence-corrected chi connectivity index (χ3v) is 11.5. The molecule has 0 saturated heterocycles. The van der Waals surface area contributed by atoms with Gasteiger partial charge in [0.15, 0.2) is 30.3 Å². The van der Waals surface area contributed by atoms with Crippen molar-refractivity contribution >= 4 is 76.9 Å². The van der Waals surface area contributed by atoms with Crippen molar-refractivity contribution in [2.24, 2.45) is 0 Å². The van der Waals surface area contributed by atoms with E-state index in [2.05, 4.69) is 103 Å². The Kier molecular flexibility index (Phi) is 10.1. The molecule has 5 aromatic carbocycles. The van der Waals surface area contributed by atoms with Crippen molar-refractivity contribution in [2.75, 3.05) is 0 Å². The minimum absolute atomic E-state index is 0.600. The van der Waals surface area contributed by atoms with Crippen LogP contribution < -0.4 is 11.4 Å². The third-order valence-electron chi connectivity index (χ3n) is 10.4. The van der Waals surface area contributed by atoms with Crippen molar-refractivity contribution in [1.29, 1.82) is 0 Å². The third kappa shape index (κ3) is 7.31. The first-order chi connectivity index (χ1) is 28.9. The van der Waals surface area contributed by atoms with E-state index in [4.69, 9.17) is 24.4 Å². The highest BCUT2D eigenvalue weighted by molar-refractivity contribution is 7.21. The quantitative estimate of drug-likeness (QED) is 0.0961. The van der Waals surface area contributed by atoms with Crippen LogP contribution in [0, 0.1) is 6.92 Å². The summed E-state index contributed by atoms with van der Waals surface area (Å²) < 4.78 is 9.19. The zero-order chi connectivity index (χ0) is 40.5. The fourth-order valence-electron chi connectivity index (χ4n) is 7.57. The summed E-state index contributed by atoms with van der Waals surface area (Å²) in [6.07, 6.45) is 10.1. The second kappa shape index (κ2) is 16.0. The molecule has 0 N–H and O–H groups in total. The molecule has 59 heavy (non-hydrogen) atoms. The van der Waals surface area contributed by atoms with E-state index in [0.717, 1.165) is 89.5 Å². The zero-order valence-corrected chi connectivity index (χ0v) is 33.9. The molecule has 0 aliphatic heterocycles. The minimum Gasteiger partial charge on any atom is -0.452 e. The summed E-state index contributed by atoms with van der Waals surface area (Å²) in [4.78, 5) is 24.5. The Labute approximate surface area is 348 Å². The van der Waals surface area contributed by atoms with Crippen LogP contribution in [0.4, 0.5) is 0 Å². The molecular formula is C49H38B2N6OS. The second-order valence-electron chi connectivity index (χ2n) is 14.2. The Morgan fingerprint density at radius 1 is 0.712 bits per heavy atom. The van der Waals surface area contributed by atoms with E-state index in [-0.39, 0.29) is 0 Å². The van der Waals surface area contributed by atoms with Gasteiger partial charge in [0.1, 0.15) is 16.3 Å². The summed E-state index contributed by atoms with van der Waals surface area (Å²) in [5.41, 5.74) is 14.0. The summed E-state index contributed by atoms with van der Waals surface area (Å²) >= 11 is 1.67. The number of benzene rings is 5. The molecule has 0 fully saturated rings. The Hall–Kier alpha value is -7.16. The average Bonchev–Trinajstić information content (AvgIpc) is 3.96. The van der Waals surface area contributed by atoms with Gasteiger partial charge in [-0.25, -0.2) is 24.9 Å². The van der Waals surface area contributed by atoms with Gasteiger partial charge in [0.05, 0.1) is 10.2 Å². The van der Waals surface area contributed by atoms with Gasteiger partial charge in [-0.1, -0.05) is 123 Å². The number of allylic oxidation sites excluding steroid dienone is 4. The monoisotopic (exact) mass is 780 g/mol. The summed E-state index contributed by atoms with van der Waals surface area (Å²) in [5, 5.41) is 0.928. The van der Waals surface area contributed by atoms with Crippen LogP contribution in [0.5, 0.6) is 0 Å². The Bertz CT molecular complexity index is 3050. The largest absolute Gasteiger partial charge is 0.452 e. The lowest BCUT2D eigenvalue weighted by Gasteiger charge is -2.12. The van der Waals surface area contributed by atoms with E-state index in [1.54, 1.807) is 11.3 Å². The van der Waals surface area contributed by atoms with Crippen molar-refractivity contribution in [3.63, 3.8) is 0 Å². The van der Waals surface area contributed by atoms with Crippen LogP contribution >= 0.6 is 11.3 Å². The van der Waals surface area contributed by atoms with E-state index in [9.17, 15) is 0 Å². The normalized spacial score (nSPS) is 11.8. The number of aromatic nitrogens is 6. The molecule has 9 rings (SSSR count). The second-order valence-corrected chi connectivity index (χ2v) is 15.2. The summed E-state index contributed by atoms with van der Waals surface area (Å²) in [5.74, 6) is 2.50. The van der Waals surface area contributed by atoms with Gasteiger partial charge in [-0.2, -0.15) is 0 Å². The van der Waals surface area contributed by atoms with Gasteiger partial charge in [-0.15, -0.1) is 11.3 Å². The van der Waals surface area contributed by atoms with Gasteiger partial charge >= 0.3 is 0 Å². The number of nitrogens with zero attached hydrogens (tertiary/aromatic N) is 6. The Morgan fingerprint density at radius 3 is 2.08 bits per heavy atom. The highest BCUT2D eigenvalue weighted by atomic mass is 32.1. The maximum Gasteiger partial charge on any atom is 0.212 e. The maximum atomic E-state index is 5.79. The molecule has 4 heterocycles. The van der Waals surface area contributed by atoms with Gasteiger partial charge in [0.25, 0.3) is 0 Å². The average molecular weight is 781 g/mol. The van der Waals surface area contributed by atoms with Crippen LogP contribution in [0.1, 0.15) is 22.4 Å². The van der Waals surface area contributed by atoms with E-state index in [1.807, 2.05) is 92.8 Å². The fourth-order valence-corrected chi connectivity index (χ4v) is 8.51. The first-order valence-corrected chi connectivity index (χ1v) is 20.4. The topological polar surface area (TPSA) is 82.5 Å². The van der Waals surface area contributed by atoms with E-state index < -0.39 is 0 Å². The zero-order valence-electron chi connectivity index (χ0n) is 33.1. The van der Waals surface area contributed by atoms with Crippen molar-refractivity contribution in [1.82, 2.24) is 29.5 Å². The standard InChI is InChI=1S/C49H38B2N6OS/c1-5-7-21-38-30(3)57(37-23-24-42-40(29-37)53-49(50)58-42)44(51-4)39(38)27-31(6-2)34-19-14-20-36(26-34)48-52-41-28-35(22-25-43(41)59-48)47-55-45(32-15-10-8-11-16-32)54-46(56-47)33-17-12-9-13-18-33/h5-29,51H,1-2,50H2,3-4H3/b21-7-,31-27+. The van der Waals surface area contributed by atoms with Crippen LogP contribution in [-0.2, 0) is 0 Å². The molecule has 0 radical (unpaired) electrons. The number of hydrogen-bond acceptors (Lipinski definition) is 7. The summed E-state index contributed by atoms with van der Waals surface area (Å²) in [6.45, 7) is 12.6. The van der Waals surface area contributed by atoms with Crippen molar-refractivity contribution < 1.29 is 4.42 Å². The lowest BCUT2D eigenvalue weighted by atomic mass is 9.74. The molecule has 0 amide bonds. The predicted octanol–water partition coefficient (Wildman–Crippen LogP) is 9.68. The smallest absolute Gasteiger partial charge is 0.212 e. The molecule has 0 unspecified atom stereocenters. The molecule has 282 valence electrons. The molecule has 9 aromatic rings. The molecule has 4 aromatic heterocycles. The first kappa shape index (κ1) is 37.4. The Morgan fingerprint density at radius 2 is 1.41 bits per heavy atom. The van der Waals surface area contributed by atoms with Crippen LogP contribution in [0.25, 0.3) is 89.5 Å². The van der Waals surface area contributed by atoms with Gasteiger partial charge in [0, 0.05) is 39.2 Å².